The molecule has 1 aliphatic carbocycles. The van der Waals surface area contributed by atoms with Crippen molar-refractivity contribution in [1.29, 1.82) is 0 Å². The second kappa shape index (κ2) is 4.77. The van der Waals surface area contributed by atoms with E-state index in [2.05, 4.69) is 36.2 Å². The van der Waals surface area contributed by atoms with E-state index in [9.17, 15) is 0 Å². The third-order valence-corrected chi connectivity index (χ3v) is 4.13. The molecule has 1 aromatic rings. The van der Waals surface area contributed by atoms with Crippen LogP contribution in [0.5, 0.6) is 0 Å². The molecular formula is C13H24N4. The molecule has 0 spiro atoms. The summed E-state index contributed by atoms with van der Waals surface area (Å²) in [5.74, 6) is 1.71. The van der Waals surface area contributed by atoms with Crippen molar-refractivity contribution >= 4 is 0 Å². The van der Waals surface area contributed by atoms with E-state index in [1.165, 1.54) is 12.8 Å². The standard InChI is InChI=1S/C13H24N4/c1-10(2)13(3,8-14-11-5-6-11)7-12-15-9-16-17(12)4/h9-11,14H,5-8H2,1-4H3. The highest BCUT2D eigenvalue weighted by Gasteiger charge is 2.32. The van der Waals surface area contributed by atoms with Gasteiger partial charge in [-0.25, -0.2) is 4.98 Å². The van der Waals surface area contributed by atoms with Gasteiger partial charge in [0, 0.05) is 26.1 Å². The zero-order valence-electron chi connectivity index (χ0n) is 11.4. The van der Waals surface area contributed by atoms with Gasteiger partial charge in [0.15, 0.2) is 0 Å². The molecule has 1 aliphatic rings. The van der Waals surface area contributed by atoms with Crippen molar-refractivity contribution in [3.63, 3.8) is 0 Å². The number of nitrogens with one attached hydrogen (secondary N) is 1. The van der Waals surface area contributed by atoms with Gasteiger partial charge in [0.2, 0.25) is 0 Å². The van der Waals surface area contributed by atoms with Crippen LogP contribution < -0.4 is 5.32 Å². The van der Waals surface area contributed by atoms with Gasteiger partial charge >= 0.3 is 0 Å². The Labute approximate surface area is 104 Å². The molecule has 96 valence electrons. The van der Waals surface area contributed by atoms with E-state index in [0.29, 0.717) is 5.92 Å². The Morgan fingerprint density at radius 3 is 2.71 bits per heavy atom. The molecule has 1 fully saturated rings. The minimum atomic E-state index is 0.253. The molecule has 0 aliphatic heterocycles. The molecule has 2 rings (SSSR count). The van der Waals surface area contributed by atoms with Gasteiger partial charge in [0.1, 0.15) is 12.2 Å². The van der Waals surface area contributed by atoms with Gasteiger partial charge in [-0.05, 0) is 24.2 Å². The number of aromatic nitrogens is 3. The number of hydrogen-bond acceptors (Lipinski definition) is 3. The zero-order chi connectivity index (χ0) is 12.5. The number of rotatable bonds is 6. The molecule has 0 amide bonds. The molecule has 1 unspecified atom stereocenters. The first-order valence-corrected chi connectivity index (χ1v) is 6.57. The maximum Gasteiger partial charge on any atom is 0.138 e. The molecule has 1 atom stereocenters. The Morgan fingerprint density at radius 2 is 2.24 bits per heavy atom. The van der Waals surface area contributed by atoms with E-state index in [4.69, 9.17) is 0 Å². The molecule has 0 aromatic carbocycles. The number of nitrogens with zero attached hydrogens (tertiary/aromatic N) is 3. The normalized spacial score (nSPS) is 19.6. The molecule has 1 saturated carbocycles. The summed E-state index contributed by atoms with van der Waals surface area (Å²) < 4.78 is 1.89. The van der Waals surface area contributed by atoms with E-state index >= 15 is 0 Å². The minimum Gasteiger partial charge on any atom is -0.313 e. The molecular weight excluding hydrogens is 212 g/mol. The quantitative estimate of drug-likeness (QED) is 0.818. The van der Waals surface area contributed by atoms with Crippen LogP contribution in [0.25, 0.3) is 0 Å². The highest BCUT2D eigenvalue weighted by Crippen LogP contribution is 2.31. The van der Waals surface area contributed by atoms with Crippen molar-refractivity contribution in [2.45, 2.75) is 46.1 Å². The fourth-order valence-electron chi connectivity index (χ4n) is 1.98. The highest BCUT2D eigenvalue weighted by molar-refractivity contribution is 4.95. The van der Waals surface area contributed by atoms with Crippen LogP contribution in [0.3, 0.4) is 0 Å². The van der Waals surface area contributed by atoms with Crippen LogP contribution in [0.2, 0.25) is 0 Å². The molecule has 0 saturated heterocycles. The Kier molecular flexibility index (Phi) is 3.52. The second-order valence-electron chi connectivity index (χ2n) is 5.94. The number of aryl methyl sites for hydroxylation is 1. The lowest BCUT2D eigenvalue weighted by atomic mass is 9.76. The van der Waals surface area contributed by atoms with Crippen LogP contribution in [-0.4, -0.2) is 27.4 Å². The van der Waals surface area contributed by atoms with Gasteiger partial charge in [0.25, 0.3) is 0 Å². The lowest BCUT2D eigenvalue weighted by Gasteiger charge is -2.33. The van der Waals surface area contributed by atoms with Crippen molar-refractivity contribution in [2.75, 3.05) is 6.54 Å². The van der Waals surface area contributed by atoms with Gasteiger partial charge in [-0.2, -0.15) is 5.10 Å². The summed E-state index contributed by atoms with van der Waals surface area (Å²) >= 11 is 0. The summed E-state index contributed by atoms with van der Waals surface area (Å²) in [5, 5.41) is 7.81. The van der Waals surface area contributed by atoms with Crippen molar-refractivity contribution < 1.29 is 0 Å². The summed E-state index contributed by atoms with van der Waals surface area (Å²) in [6.07, 6.45) is 5.32. The average Bonchev–Trinajstić information content (AvgIpc) is 3.02. The monoisotopic (exact) mass is 236 g/mol. The summed E-state index contributed by atoms with van der Waals surface area (Å²) in [6.45, 7) is 8.01. The van der Waals surface area contributed by atoms with Crippen molar-refractivity contribution in [3.8, 4) is 0 Å². The van der Waals surface area contributed by atoms with E-state index in [1.807, 2.05) is 11.7 Å². The van der Waals surface area contributed by atoms with Gasteiger partial charge < -0.3 is 5.32 Å². The van der Waals surface area contributed by atoms with Crippen molar-refractivity contribution in [3.05, 3.63) is 12.2 Å². The lowest BCUT2D eigenvalue weighted by molar-refractivity contribution is 0.200. The smallest absolute Gasteiger partial charge is 0.138 e. The van der Waals surface area contributed by atoms with Crippen LogP contribution in [0.15, 0.2) is 6.33 Å². The third-order valence-electron chi connectivity index (χ3n) is 4.13. The summed E-state index contributed by atoms with van der Waals surface area (Å²) in [7, 11) is 1.97. The molecule has 1 heterocycles. The van der Waals surface area contributed by atoms with E-state index < -0.39 is 0 Å². The average molecular weight is 236 g/mol. The third kappa shape index (κ3) is 3.06. The lowest BCUT2D eigenvalue weighted by Crippen LogP contribution is -2.39. The van der Waals surface area contributed by atoms with E-state index in [1.54, 1.807) is 6.33 Å². The Hall–Kier alpha value is -0.900. The first-order valence-electron chi connectivity index (χ1n) is 6.57. The first-order chi connectivity index (χ1) is 8.01. The van der Waals surface area contributed by atoms with E-state index in [0.717, 1.165) is 24.8 Å². The van der Waals surface area contributed by atoms with Gasteiger partial charge in [-0.3, -0.25) is 4.68 Å². The Balaban J connectivity index is 2.01. The zero-order valence-corrected chi connectivity index (χ0v) is 11.4. The predicted molar refractivity (Wildman–Crippen MR) is 68.7 cm³/mol. The Bertz CT molecular complexity index is 367. The summed E-state index contributed by atoms with van der Waals surface area (Å²) in [5.41, 5.74) is 0.253. The van der Waals surface area contributed by atoms with Crippen molar-refractivity contribution in [2.24, 2.45) is 18.4 Å². The number of hydrogen-bond donors (Lipinski definition) is 1. The molecule has 1 N–H and O–H groups in total. The molecule has 4 heteroatoms. The summed E-state index contributed by atoms with van der Waals surface area (Å²) in [6, 6.07) is 0.771. The fraction of sp³-hybridized carbons (Fsp3) is 0.846. The maximum absolute atomic E-state index is 4.35. The van der Waals surface area contributed by atoms with Crippen LogP contribution in [0.1, 0.15) is 39.4 Å². The first kappa shape index (κ1) is 12.6. The highest BCUT2D eigenvalue weighted by atomic mass is 15.3. The van der Waals surface area contributed by atoms with Crippen LogP contribution >= 0.6 is 0 Å². The second-order valence-corrected chi connectivity index (χ2v) is 5.94. The van der Waals surface area contributed by atoms with Crippen molar-refractivity contribution in [1.82, 2.24) is 20.1 Å². The van der Waals surface area contributed by atoms with Gasteiger partial charge in [-0.15, -0.1) is 0 Å². The largest absolute Gasteiger partial charge is 0.313 e. The molecule has 1 aromatic heterocycles. The minimum absolute atomic E-state index is 0.253. The molecule has 4 nitrogen and oxygen atoms in total. The maximum atomic E-state index is 4.35. The van der Waals surface area contributed by atoms with Crippen LogP contribution in [-0.2, 0) is 13.5 Å². The SMILES string of the molecule is CC(C)C(C)(CNC1CC1)Cc1ncnn1C. The van der Waals surface area contributed by atoms with Gasteiger partial charge in [-0.1, -0.05) is 20.8 Å². The van der Waals surface area contributed by atoms with Gasteiger partial charge in [0.05, 0.1) is 0 Å². The predicted octanol–water partition coefficient (Wildman–Crippen LogP) is 1.77. The summed E-state index contributed by atoms with van der Waals surface area (Å²) in [4.78, 5) is 4.35. The molecule has 0 radical (unpaired) electrons. The Morgan fingerprint density at radius 1 is 1.53 bits per heavy atom. The van der Waals surface area contributed by atoms with Crippen LogP contribution in [0, 0.1) is 11.3 Å². The topological polar surface area (TPSA) is 42.7 Å². The molecule has 17 heavy (non-hydrogen) atoms. The molecule has 0 bridgehead atoms. The fourth-order valence-corrected chi connectivity index (χ4v) is 1.98. The van der Waals surface area contributed by atoms with Crippen LogP contribution in [0.4, 0.5) is 0 Å². The van der Waals surface area contributed by atoms with E-state index in [-0.39, 0.29) is 5.41 Å².